The van der Waals surface area contributed by atoms with Gasteiger partial charge < -0.3 is 14.8 Å². The Kier molecular flexibility index (Phi) is 3.27. The standard InChI is InChI=1S/C14H19NO2/c1-4-17-13-10-11(6-7-12(13)16-3)14(2)8-5-9-15-14/h5-7,9-10,15H,4,8H2,1-3H3/t14-/m1/s1. The largest absolute Gasteiger partial charge is 0.493 e. The summed E-state index contributed by atoms with van der Waals surface area (Å²) >= 11 is 0. The molecule has 0 saturated carbocycles. The Hall–Kier alpha value is -1.64. The molecule has 0 amide bonds. The quantitative estimate of drug-likeness (QED) is 0.867. The van der Waals surface area contributed by atoms with Gasteiger partial charge in [-0.15, -0.1) is 0 Å². The maximum Gasteiger partial charge on any atom is 0.161 e. The lowest BCUT2D eigenvalue weighted by Crippen LogP contribution is -2.31. The lowest BCUT2D eigenvalue weighted by Gasteiger charge is -2.26. The van der Waals surface area contributed by atoms with Gasteiger partial charge in [0, 0.05) is 0 Å². The number of hydrogen-bond donors (Lipinski definition) is 1. The Morgan fingerprint density at radius 3 is 2.76 bits per heavy atom. The van der Waals surface area contributed by atoms with Gasteiger partial charge in [0.1, 0.15) is 0 Å². The highest BCUT2D eigenvalue weighted by molar-refractivity contribution is 5.45. The fourth-order valence-electron chi connectivity index (χ4n) is 2.09. The third-order valence-electron chi connectivity index (χ3n) is 3.15. The Morgan fingerprint density at radius 2 is 2.18 bits per heavy atom. The third-order valence-corrected chi connectivity index (χ3v) is 3.15. The van der Waals surface area contributed by atoms with Gasteiger partial charge in [-0.3, -0.25) is 0 Å². The highest BCUT2D eigenvalue weighted by Gasteiger charge is 2.27. The zero-order valence-electron chi connectivity index (χ0n) is 10.6. The molecule has 3 nitrogen and oxygen atoms in total. The molecule has 2 rings (SSSR count). The van der Waals surface area contributed by atoms with E-state index in [1.54, 1.807) is 7.11 Å². The molecule has 3 heteroatoms. The second-order valence-electron chi connectivity index (χ2n) is 4.38. The zero-order valence-corrected chi connectivity index (χ0v) is 10.6. The molecule has 0 radical (unpaired) electrons. The van der Waals surface area contributed by atoms with Crippen LogP contribution in [0.15, 0.2) is 30.5 Å². The van der Waals surface area contributed by atoms with E-state index in [4.69, 9.17) is 9.47 Å². The van der Waals surface area contributed by atoms with E-state index in [-0.39, 0.29) is 5.54 Å². The van der Waals surface area contributed by atoms with Crippen LogP contribution in [0.1, 0.15) is 25.8 Å². The summed E-state index contributed by atoms with van der Waals surface area (Å²) in [5.74, 6) is 1.59. The number of methoxy groups -OCH3 is 1. The smallest absolute Gasteiger partial charge is 0.161 e. The first-order valence-electron chi connectivity index (χ1n) is 5.93. The predicted octanol–water partition coefficient (Wildman–Crippen LogP) is 2.82. The van der Waals surface area contributed by atoms with Gasteiger partial charge >= 0.3 is 0 Å². The van der Waals surface area contributed by atoms with Crippen molar-refractivity contribution >= 4 is 0 Å². The number of nitrogens with one attached hydrogen (secondary N) is 1. The maximum absolute atomic E-state index is 5.60. The average Bonchev–Trinajstić information content (AvgIpc) is 2.78. The van der Waals surface area contributed by atoms with Crippen molar-refractivity contribution < 1.29 is 9.47 Å². The highest BCUT2D eigenvalue weighted by atomic mass is 16.5. The highest BCUT2D eigenvalue weighted by Crippen LogP contribution is 2.35. The number of hydrogen-bond acceptors (Lipinski definition) is 3. The first kappa shape index (κ1) is 11.8. The van der Waals surface area contributed by atoms with Crippen molar-refractivity contribution in [2.45, 2.75) is 25.8 Å². The van der Waals surface area contributed by atoms with E-state index in [1.165, 1.54) is 5.56 Å². The van der Waals surface area contributed by atoms with Crippen LogP contribution >= 0.6 is 0 Å². The molecule has 0 aromatic heterocycles. The van der Waals surface area contributed by atoms with Crippen LogP contribution in [0.2, 0.25) is 0 Å². The van der Waals surface area contributed by atoms with Gasteiger partial charge in [0.25, 0.3) is 0 Å². The monoisotopic (exact) mass is 233 g/mol. The van der Waals surface area contributed by atoms with Gasteiger partial charge in [-0.1, -0.05) is 12.1 Å². The van der Waals surface area contributed by atoms with Crippen molar-refractivity contribution in [3.05, 3.63) is 36.0 Å². The minimum absolute atomic E-state index is 0.0296. The molecule has 1 heterocycles. The molecule has 0 bridgehead atoms. The van der Waals surface area contributed by atoms with Crippen molar-refractivity contribution in [2.24, 2.45) is 0 Å². The molecule has 92 valence electrons. The molecule has 0 aliphatic carbocycles. The second-order valence-corrected chi connectivity index (χ2v) is 4.38. The second kappa shape index (κ2) is 4.70. The van der Waals surface area contributed by atoms with E-state index < -0.39 is 0 Å². The van der Waals surface area contributed by atoms with Crippen LogP contribution in [-0.2, 0) is 5.54 Å². The Labute approximate surface area is 102 Å². The Balaban J connectivity index is 2.33. The van der Waals surface area contributed by atoms with Crippen LogP contribution in [-0.4, -0.2) is 13.7 Å². The molecule has 1 atom stereocenters. The van der Waals surface area contributed by atoms with Crippen LogP contribution < -0.4 is 14.8 Å². The SMILES string of the molecule is CCOc1cc([C@@]2(C)CC=CN2)ccc1OC. The van der Waals surface area contributed by atoms with E-state index in [0.717, 1.165) is 17.9 Å². The zero-order chi connectivity index (χ0) is 12.3. The number of rotatable bonds is 4. The summed E-state index contributed by atoms with van der Waals surface area (Å²) in [6, 6.07) is 6.11. The summed E-state index contributed by atoms with van der Waals surface area (Å²) in [6.07, 6.45) is 5.14. The molecule has 1 aliphatic rings. The normalized spacial score (nSPS) is 22.3. The maximum atomic E-state index is 5.60. The van der Waals surface area contributed by atoms with Crippen LogP contribution in [0.4, 0.5) is 0 Å². The molecule has 0 unspecified atom stereocenters. The minimum atomic E-state index is -0.0296. The number of ether oxygens (including phenoxy) is 2. The lowest BCUT2D eigenvalue weighted by molar-refractivity contribution is 0.309. The molecule has 17 heavy (non-hydrogen) atoms. The lowest BCUT2D eigenvalue weighted by atomic mass is 9.90. The third kappa shape index (κ3) is 2.23. The van der Waals surface area contributed by atoms with Crippen molar-refractivity contribution in [1.82, 2.24) is 5.32 Å². The number of benzene rings is 1. The van der Waals surface area contributed by atoms with E-state index in [0.29, 0.717) is 6.61 Å². The van der Waals surface area contributed by atoms with E-state index >= 15 is 0 Å². The van der Waals surface area contributed by atoms with Crippen LogP contribution in [0.25, 0.3) is 0 Å². The average molecular weight is 233 g/mol. The van der Waals surface area contributed by atoms with Crippen molar-refractivity contribution in [3.8, 4) is 11.5 Å². The Bertz CT molecular complexity index is 418. The van der Waals surface area contributed by atoms with Crippen molar-refractivity contribution in [1.29, 1.82) is 0 Å². The Morgan fingerprint density at radius 1 is 1.35 bits per heavy atom. The first-order valence-corrected chi connectivity index (χ1v) is 5.93. The summed E-state index contributed by atoms with van der Waals surface area (Å²) < 4.78 is 10.9. The fraction of sp³-hybridized carbons (Fsp3) is 0.429. The summed E-state index contributed by atoms with van der Waals surface area (Å²) in [7, 11) is 1.66. The van der Waals surface area contributed by atoms with Crippen LogP contribution in [0.3, 0.4) is 0 Å². The molecular formula is C14H19NO2. The molecule has 0 saturated heterocycles. The van der Waals surface area contributed by atoms with Crippen LogP contribution in [0.5, 0.6) is 11.5 Å². The molecule has 1 aliphatic heterocycles. The molecular weight excluding hydrogens is 214 g/mol. The van der Waals surface area contributed by atoms with Gasteiger partial charge in [0.05, 0.1) is 19.3 Å². The van der Waals surface area contributed by atoms with Gasteiger partial charge in [0.15, 0.2) is 11.5 Å². The topological polar surface area (TPSA) is 30.5 Å². The molecule has 1 N–H and O–H groups in total. The first-order chi connectivity index (χ1) is 8.19. The van der Waals surface area contributed by atoms with Crippen molar-refractivity contribution in [3.63, 3.8) is 0 Å². The summed E-state index contributed by atoms with van der Waals surface area (Å²) in [6.45, 7) is 4.80. The predicted molar refractivity (Wildman–Crippen MR) is 68.4 cm³/mol. The van der Waals surface area contributed by atoms with Gasteiger partial charge in [-0.25, -0.2) is 0 Å². The summed E-state index contributed by atoms with van der Waals surface area (Å²) in [5, 5.41) is 3.38. The van der Waals surface area contributed by atoms with E-state index in [9.17, 15) is 0 Å². The fourth-order valence-corrected chi connectivity index (χ4v) is 2.09. The van der Waals surface area contributed by atoms with Crippen molar-refractivity contribution in [2.75, 3.05) is 13.7 Å². The van der Waals surface area contributed by atoms with Gasteiger partial charge in [-0.05, 0) is 44.2 Å². The van der Waals surface area contributed by atoms with Crippen LogP contribution in [0, 0.1) is 0 Å². The van der Waals surface area contributed by atoms with Gasteiger partial charge in [0.2, 0.25) is 0 Å². The summed E-state index contributed by atoms with van der Waals surface area (Å²) in [4.78, 5) is 0. The summed E-state index contributed by atoms with van der Waals surface area (Å²) in [5.41, 5.74) is 1.18. The van der Waals surface area contributed by atoms with E-state index in [2.05, 4.69) is 30.4 Å². The molecule has 1 aromatic carbocycles. The van der Waals surface area contributed by atoms with E-state index in [1.807, 2.05) is 19.2 Å². The molecule has 1 aromatic rings. The molecule has 0 spiro atoms. The minimum Gasteiger partial charge on any atom is -0.493 e. The van der Waals surface area contributed by atoms with Gasteiger partial charge in [-0.2, -0.15) is 0 Å². The molecule has 0 fully saturated rings.